The first-order valence-electron chi connectivity index (χ1n) is 30.1. The molecule has 0 bridgehead atoms. The molecule has 0 saturated heterocycles. The van der Waals surface area contributed by atoms with E-state index in [0.717, 1.165) is 22.3 Å². The fraction of sp³-hybridized carbons (Fsp3) is 0.333. The summed E-state index contributed by atoms with van der Waals surface area (Å²) < 4.78 is 66.9. The monoisotopic (exact) mass is 1330 g/mol. The molecule has 12 N–H and O–H groups in total. The van der Waals surface area contributed by atoms with Crippen molar-refractivity contribution in [1.29, 1.82) is 0 Å². The van der Waals surface area contributed by atoms with E-state index in [-0.39, 0.29) is 11.8 Å². The molecule has 8 aromatic rings. The Morgan fingerprint density at radius 1 is 0.229 bits per heavy atom. The highest BCUT2D eigenvalue weighted by molar-refractivity contribution is 5.60. The predicted molar refractivity (Wildman–Crippen MR) is 354 cm³/mol. The van der Waals surface area contributed by atoms with Gasteiger partial charge in [-0.2, -0.15) is 0 Å². The molecule has 0 aliphatic rings. The van der Waals surface area contributed by atoms with Gasteiger partial charge < -0.3 is 118 Å². The number of aryl methyl sites for hydroxylation is 2. The molecule has 8 rings (SSSR count). The smallest absolute Gasteiger partial charge is 0.203 e. The van der Waals surface area contributed by atoms with Crippen molar-refractivity contribution in [3.8, 4) is 138 Å². The number of rotatable bonds is 30. The van der Waals surface area contributed by atoms with Crippen LogP contribution in [0.25, 0.3) is 0 Å². The van der Waals surface area contributed by atoms with Crippen molar-refractivity contribution in [2.24, 2.45) is 11.8 Å². The number of phenols is 12. The summed E-state index contributed by atoms with van der Waals surface area (Å²) in [6.07, 6.45) is 3.17. The lowest BCUT2D eigenvalue weighted by Crippen LogP contribution is -2.20. The molecule has 0 heterocycles. The van der Waals surface area contributed by atoms with Gasteiger partial charge in [-0.25, -0.2) is 0 Å². The van der Waals surface area contributed by atoms with Crippen LogP contribution in [0.2, 0.25) is 0 Å². The van der Waals surface area contributed by atoms with Crippen molar-refractivity contribution in [3.63, 3.8) is 0 Å². The Morgan fingerprint density at radius 3 is 0.604 bits per heavy atom. The Balaban J connectivity index is 0.000000271. The molecule has 0 spiro atoms. The molecule has 0 unspecified atom stereocenters. The van der Waals surface area contributed by atoms with Crippen molar-refractivity contribution in [2.75, 3.05) is 85.3 Å². The van der Waals surface area contributed by atoms with Gasteiger partial charge in [-0.05, 0) is 217 Å². The van der Waals surface area contributed by atoms with E-state index >= 15 is 0 Å². The minimum absolute atomic E-state index is 0.270. The largest absolute Gasteiger partial charge is 0.504 e. The molecule has 8 aromatic carbocycles. The summed E-state index contributed by atoms with van der Waals surface area (Å²) in [6, 6.07) is 25.9. The highest BCUT2D eigenvalue weighted by Crippen LogP contribution is 2.50. The third-order valence-corrected chi connectivity index (χ3v) is 16.9. The summed E-state index contributed by atoms with van der Waals surface area (Å²) in [5.74, 6) is -2.34. The summed E-state index contributed by atoms with van der Waals surface area (Å²) in [5.41, 5.74) is 5.44. The lowest BCUT2D eigenvalue weighted by atomic mass is 9.75. The molecule has 0 aliphatic heterocycles. The van der Waals surface area contributed by atoms with Crippen LogP contribution in [0.3, 0.4) is 0 Å². The standard InChI is InChI=1S/2C36H42O12/c2*1-43-29-13-20(14-30(44-2)35(29)47-5)9-22(8-7-19-11-25(37)33(41)26(38)12-19)24(23-17-27(39)34(42)28(40)18-23)10-21-15-31(45-3)36(48-6)32(16-21)46-4/h2*11-18,22,24,37-42H,7-10H2,1-6H3/t2*22-,24-/m10/s1. The Labute approximate surface area is 555 Å². The third kappa shape index (κ3) is 16.6. The van der Waals surface area contributed by atoms with Crippen LogP contribution in [0.1, 0.15) is 69.2 Å². The van der Waals surface area contributed by atoms with E-state index in [4.69, 9.17) is 56.8 Å². The number of hydrogen-bond donors (Lipinski definition) is 12. The summed E-state index contributed by atoms with van der Waals surface area (Å²) in [5, 5.41) is 123. The molecule has 0 radical (unpaired) electrons. The zero-order chi connectivity index (χ0) is 70.2. The third-order valence-electron chi connectivity index (χ3n) is 16.9. The van der Waals surface area contributed by atoms with E-state index in [2.05, 4.69) is 0 Å². The first-order chi connectivity index (χ1) is 45.9. The van der Waals surface area contributed by atoms with Crippen molar-refractivity contribution < 1.29 is 118 Å². The Bertz CT molecular complexity index is 3530. The Morgan fingerprint density at radius 2 is 0.417 bits per heavy atom. The number of phenolic OH excluding ortho intramolecular Hbond substituents is 12. The minimum Gasteiger partial charge on any atom is -0.504 e. The van der Waals surface area contributed by atoms with Crippen molar-refractivity contribution in [2.45, 2.75) is 63.2 Å². The molecule has 24 heteroatoms. The quantitative estimate of drug-likeness (QED) is 0.0186. The molecule has 0 saturated carbocycles. The lowest BCUT2D eigenvalue weighted by molar-refractivity contribution is 0.321. The number of hydrogen-bond acceptors (Lipinski definition) is 24. The van der Waals surface area contributed by atoms with E-state index < -0.39 is 80.8 Å². The molecule has 516 valence electrons. The molecule has 0 fully saturated rings. The predicted octanol–water partition coefficient (Wildman–Crippen LogP) is 11.6. The van der Waals surface area contributed by atoms with Gasteiger partial charge in [0, 0.05) is 0 Å². The number of methoxy groups -OCH3 is 12. The molecular formula is C72H84O24. The van der Waals surface area contributed by atoms with E-state index in [0.29, 0.717) is 143 Å². The van der Waals surface area contributed by atoms with Gasteiger partial charge >= 0.3 is 0 Å². The SMILES string of the molecule is COc1cc(C[C@@H](CCc2cc(O)c(O)c(O)c2)[C@@H](Cc2cc(OC)c(OC)c(OC)c2)c2cc(O)c(O)c(O)c2)cc(OC)c1OC.COc1cc(C[C@H](CCc2cc(O)c(O)c(O)c2)[C@H](Cc2cc(OC)c(OC)c(OC)c2)c2cc(O)c(O)c(O)c2)cc(OC)c1OC. The fourth-order valence-corrected chi connectivity index (χ4v) is 12.1. The van der Waals surface area contributed by atoms with Gasteiger partial charge in [0.15, 0.2) is 115 Å². The van der Waals surface area contributed by atoms with Gasteiger partial charge in [0.2, 0.25) is 23.0 Å². The second-order valence-electron chi connectivity index (χ2n) is 22.5. The van der Waals surface area contributed by atoms with Crippen molar-refractivity contribution in [3.05, 3.63) is 142 Å². The average molecular weight is 1330 g/mol. The maximum Gasteiger partial charge on any atom is 0.203 e. The van der Waals surface area contributed by atoms with Gasteiger partial charge in [-0.1, -0.05) is 0 Å². The molecule has 0 amide bonds. The zero-order valence-corrected chi connectivity index (χ0v) is 55.5. The normalized spacial score (nSPS) is 12.2. The van der Waals surface area contributed by atoms with E-state index in [1.807, 2.05) is 48.5 Å². The summed E-state index contributed by atoms with van der Waals surface area (Å²) in [6.45, 7) is 0. The maximum atomic E-state index is 10.6. The molecule has 4 atom stereocenters. The van der Waals surface area contributed by atoms with Gasteiger partial charge in [-0.15, -0.1) is 0 Å². The Kier molecular flexibility index (Phi) is 24.6. The first-order valence-corrected chi connectivity index (χ1v) is 30.1. The maximum absolute atomic E-state index is 10.6. The van der Waals surface area contributed by atoms with Gasteiger partial charge in [0.05, 0.1) is 85.3 Å². The van der Waals surface area contributed by atoms with Gasteiger partial charge in [-0.3, -0.25) is 0 Å². The van der Waals surface area contributed by atoms with Crippen LogP contribution in [-0.2, 0) is 38.5 Å². The van der Waals surface area contributed by atoms with Crippen molar-refractivity contribution >= 4 is 0 Å². The second-order valence-corrected chi connectivity index (χ2v) is 22.5. The van der Waals surface area contributed by atoms with Crippen LogP contribution in [0, 0.1) is 11.8 Å². The number of ether oxygens (including phenoxy) is 12. The molecule has 24 nitrogen and oxygen atoms in total. The number of benzene rings is 8. The molecule has 96 heavy (non-hydrogen) atoms. The second kappa shape index (κ2) is 32.7. The van der Waals surface area contributed by atoms with Crippen LogP contribution < -0.4 is 56.8 Å². The van der Waals surface area contributed by atoms with Crippen LogP contribution in [0.15, 0.2) is 97.1 Å². The highest BCUT2D eigenvalue weighted by atomic mass is 16.6. The van der Waals surface area contributed by atoms with Crippen LogP contribution in [0.4, 0.5) is 0 Å². The summed E-state index contributed by atoms with van der Waals surface area (Å²) in [4.78, 5) is 0. The molecule has 0 aliphatic carbocycles. The fourth-order valence-electron chi connectivity index (χ4n) is 12.1. The van der Waals surface area contributed by atoms with E-state index in [1.54, 1.807) is 0 Å². The van der Waals surface area contributed by atoms with Crippen LogP contribution in [-0.4, -0.2) is 147 Å². The highest BCUT2D eigenvalue weighted by Gasteiger charge is 2.32. The number of aromatic hydroxyl groups is 12. The minimum atomic E-state index is -0.637. The zero-order valence-electron chi connectivity index (χ0n) is 55.5. The summed E-state index contributed by atoms with van der Waals surface area (Å²) >= 11 is 0. The van der Waals surface area contributed by atoms with Crippen LogP contribution >= 0.6 is 0 Å². The Hall–Kier alpha value is -11.0. The molecular weight excluding hydrogens is 1250 g/mol. The van der Waals surface area contributed by atoms with E-state index in [1.165, 1.54) is 134 Å². The van der Waals surface area contributed by atoms with Crippen molar-refractivity contribution in [1.82, 2.24) is 0 Å². The average Bonchev–Trinajstić information content (AvgIpc) is 0.805. The molecule has 0 aromatic heterocycles. The topological polar surface area (TPSA) is 354 Å². The lowest BCUT2D eigenvalue weighted by Gasteiger charge is -2.30. The first kappa shape index (κ1) is 72.4. The summed E-state index contributed by atoms with van der Waals surface area (Å²) in [7, 11) is 18.2. The van der Waals surface area contributed by atoms with E-state index in [9.17, 15) is 61.3 Å². The van der Waals surface area contributed by atoms with Gasteiger partial charge in [0.1, 0.15) is 0 Å². The van der Waals surface area contributed by atoms with Crippen LogP contribution in [0.5, 0.6) is 138 Å². The van der Waals surface area contributed by atoms with Gasteiger partial charge in [0.25, 0.3) is 0 Å².